The number of ether oxygens (including phenoxy) is 3. The van der Waals surface area contributed by atoms with Gasteiger partial charge in [-0.15, -0.1) is 5.10 Å². The second kappa shape index (κ2) is 7.60. The minimum Gasteiger partial charge on any atom is -0.497 e. The third kappa shape index (κ3) is 3.29. The molecule has 2 aromatic carbocycles. The van der Waals surface area contributed by atoms with Crippen LogP contribution in [0.4, 0.5) is 0 Å². The second-order valence-corrected chi connectivity index (χ2v) is 6.79. The third-order valence-electron chi connectivity index (χ3n) is 5.04. The van der Waals surface area contributed by atoms with Crippen LogP contribution in [0.1, 0.15) is 17.4 Å². The van der Waals surface area contributed by atoms with Crippen molar-refractivity contribution in [2.75, 3.05) is 14.2 Å². The van der Waals surface area contributed by atoms with Gasteiger partial charge in [-0.1, -0.05) is 22.5 Å². The van der Waals surface area contributed by atoms with Crippen LogP contribution in [0.5, 0.6) is 11.5 Å². The average Bonchev–Trinajstić information content (AvgIpc) is 3.46. The Bertz CT molecular complexity index is 1170. The number of rotatable bonds is 5. The van der Waals surface area contributed by atoms with Gasteiger partial charge in [0, 0.05) is 5.56 Å². The smallest absolute Gasteiger partial charge is 0.280 e. The van der Waals surface area contributed by atoms with Crippen LogP contribution in [0, 0.1) is 0 Å². The Balaban J connectivity index is 1.38. The van der Waals surface area contributed by atoms with Gasteiger partial charge in [-0.3, -0.25) is 0 Å². The zero-order valence-electron chi connectivity index (χ0n) is 16.5. The summed E-state index contributed by atoms with van der Waals surface area (Å²) in [6, 6.07) is 15.3. The number of benzene rings is 2. The molecular formula is C21H19N5O4. The molecular weight excluding hydrogens is 386 g/mol. The molecule has 152 valence electrons. The normalized spacial score (nSPS) is 15.6. The van der Waals surface area contributed by atoms with Crippen LogP contribution in [0.25, 0.3) is 23.0 Å². The molecule has 0 radical (unpaired) electrons. The summed E-state index contributed by atoms with van der Waals surface area (Å²) in [5.41, 5.74) is 3.18. The number of fused-ring (bicyclic) bond motifs is 1. The molecule has 2 aromatic heterocycles. The molecule has 0 aliphatic carbocycles. The third-order valence-corrected chi connectivity index (χ3v) is 5.04. The molecule has 0 fully saturated rings. The van der Waals surface area contributed by atoms with E-state index in [4.69, 9.17) is 18.7 Å². The Labute approximate surface area is 172 Å². The van der Waals surface area contributed by atoms with Crippen molar-refractivity contribution in [1.82, 2.24) is 25.1 Å². The zero-order valence-corrected chi connectivity index (χ0v) is 16.5. The highest BCUT2D eigenvalue weighted by Gasteiger charge is 2.28. The lowest BCUT2D eigenvalue weighted by molar-refractivity contribution is -0.00127. The van der Waals surface area contributed by atoms with Crippen molar-refractivity contribution >= 4 is 0 Å². The fourth-order valence-corrected chi connectivity index (χ4v) is 3.40. The van der Waals surface area contributed by atoms with Crippen molar-refractivity contribution in [3.05, 3.63) is 59.8 Å². The molecule has 1 aliphatic heterocycles. The molecule has 0 bridgehead atoms. The molecule has 1 unspecified atom stereocenters. The van der Waals surface area contributed by atoms with E-state index in [1.807, 2.05) is 53.2 Å². The first kappa shape index (κ1) is 18.3. The number of methoxy groups -OCH3 is 2. The average molecular weight is 405 g/mol. The molecule has 0 saturated heterocycles. The lowest BCUT2D eigenvalue weighted by atomic mass is 10.1. The van der Waals surface area contributed by atoms with E-state index in [0.29, 0.717) is 30.6 Å². The molecule has 3 heterocycles. The Kier molecular flexibility index (Phi) is 4.64. The van der Waals surface area contributed by atoms with Crippen LogP contribution in [-0.4, -0.2) is 39.4 Å². The minimum absolute atomic E-state index is 0.139. The van der Waals surface area contributed by atoms with Gasteiger partial charge >= 0.3 is 0 Å². The van der Waals surface area contributed by atoms with Gasteiger partial charge in [0.2, 0.25) is 5.82 Å². The first-order valence-corrected chi connectivity index (χ1v) is 9.41. The van der Waals surface area contributed by atoms with Crippen molar-refractivity contribution in [2.45, 2.75) is 19.3 Å². The van der Waals surface area contributed by atoms with E-state index in [1.54, 1.807) is 14.2 Å². The van der Waals surface area contributed by atoms with Gasteiger partial charge in [-0.2, -0.15) is 4.98 Å². The van der Waals surface area contributed by atoms with Crippen LogP contribution in [0.2, 0.25) is 0 Å². The van der Waals surface area contributed by atoms with Crippen LogP contribution in [0.3, 0.4) is 0 Å². The second-order valence-electron chi connectivity index (χ2n) is 6.79. The van der Waals surface area contributed by atoms with Gasteiger partial charge in [-0.25, -0.2) is 4.68 Å². The molecule has 0 spiro atoms. The number of hydrogen-bond donors (Lipinski definition) is 0. The first-order chi connectivity index (χ1) is 14.7. The van der Waals surface area contributed by atoms with Crippen LogP contribution >= 0.6 is 0 Å². The highest BCUT2D eigenvalue weighted by Crippen LogP contribution is 2.32. The van der Waals surface area contributed by atoms with Crippen molar-refractivity contribution < 1.29 is 18.7 Å². The maximum Gasteiger partial charge on any atom is 0.280 e. The SMILES string of the molecule is COc1ccc(-c2noc(-c3nnn4c3COC(c3cccc(OC)c3)C4)n2)cc1. The Morgan fingerprint density at radius 3 is 2.67 bits per heavy atom. The predicted molar refractivity (Wildman–Crippen MR) is 106 cm³/mol. The highest BCUT2D eigenvalue weighted by atomic mass is 16.5. The minimum atomic E-state index is -0.139. The lowest BCUT2D eigenvalue weighted by Crippen LogP contribution is -2.22. The van der Waals surface area contributed by atoms with Crippen LogP contribution in [-0.2, 0) is 17.9 Å². The molecule has 9 nitrogen and oxygen atoms in total. The number of hydrogen-bond acceptors (Lipinski definition) is 8. The standard InChI is InChI=1S/C21H19N5O4/c1-27-15-8-6-13(7-9-15)20-22-21(30-24-20)19-17-12-29-18(11-26(17)25-23-19)14-4-3-5-16(10-14)28-2/h3-10,18H,11-12H2,1-2H3. The van der Waals surface area contributed by atoms with E-state index < -0.39 is 0 Å². The molecule has 5 rings (SSSR count). The van der Waals surface area contributed by atoms with Gasteiger partial charge in [-0.05, 0) is 42.0 Å². The summed E-state index contributed by atoms with van der Waals surface area (Å²) in [4.78, 5) is 4.48. The maximum atomic E-state index is 6.07. The van der Waals surface area contributed by atoms with Gasteiger partial charge in [0.15, 0.2) is 5.69 Å². The summed E-state index contributed by atoms with van der Waals surface area (Å²) in [5.74, 6) is 2.33. The van der Waals surface area contributed by atoms with Crippen LogP contribution < -0.4 is 9.47 Å². The maximum absolute atomic E-state index is 6.07. The molecule has 0 amide bonds. The van der Waals surface area contributed by atoms with Gasteiger partial charge < -0.3 is 18.7 Å². The zero-order chi connectivity index (χ0) is 20.5. The fourth-order valence-electron chi connectivity index (χ4n) is 3.40. The lowest BCUT2D eigenvalue weighted by Gasteiger charge is -2.24. The van der Waals surface area contributed by atoms with E-state index >= 15 is 0 Å². The van der Waals surface area contributed by atoms with Gasteiger partial charge in [0.1, 0.15) is 17.6 Å². The number of nitrogens with zero attached hydrogens (tertiary/aromatic N) is 5. The van der Waals surface area contributed by atoms with E-state index in [0.717, 1.165) is 28.3 Å². The van der Waals surface area contributed by atoms with Crippen molar-refractivity contribution in [3.63, 3.8) is 0 Å². The molecule has 1 aliphatic rings. The summed E-state index contributed by atoms with van der Waals surface area (Å²) in [6.07, 6.45) is -0.139. The van der Waals surface area contributed by atoms with E-state index in [1.165, 1.54) is 0 Å². The summed E-state index contributed by atoms with van der Waals surface area (Å²) in [6.45, 7) is 0.874. The predicted octanol–water partition coefficient (Wildman–Crippen LogP) is 3.28. The molecule has 0 saturated carbocycles. The monoisotopic (exact) mass is 405 g/mol. The van der Waals surface area contributed by atoms with E-state index in [2.05, 4.69) is 20.5 Å². The van der Waals surface area contributed by atoms with Gasteiger partial charge in [0.05, 0.1) is 33.1 Å². The fraction of sp³-hybridized carbons (Fsp3) is 0.238. The molecule has 4 aromatic rings. The molecule has 9 heteroatoms. The van der Waals surface area contributed by atoms with Crippen molar-refractivity contribution in [3.8, 4) is 34.5 Å². The molecule has 1 atom stereocenters. The Morgan fingerprint density at radius 2 is 1.87 bits per heavy atom. The van der Waals surface area contributed by atoms with Crippen LogP contribution in [0.15, 0.2) is 53.1 Å². The Hall–Kier alpha value is -3.72. The first-order valence-electron chi connectivity index (χ1n) is 9.41. The van der Waals surface area contributed by atoms with Crippen molar-refractivity contribution in [1.29, 1.82) is 0 Å². The summed E-state index contributed by atoms with van der Waals surface area (Å²) < 4.78 is 23.8. The summed E-state index contributed by atoms with van der Waals surface area (Å²) in [5, 5.41) is 12.6. The van der Waals surface area contributed by atoms with Crippen molar-refractivity contribution in [2.24, 2.45) is 0 Å². The molecule has 0 N–H and O–H groups in total. The largest absolute Gasteiger partial charge is 0.497 e. The van der Waals surface area contributed by atoms with Gasteiger partial charge in [0.25, 0.3) is 5.89 Å². The topological polar surface area (TPSA) is 97.3 Å². The summed E-state index contributed by atoms with van der Waals surface area (Å²) >= 11 is 0. The number of aromatic nitrogens is 5. The van der Waals surface area contributed by atoms with E-state index in [9.17, 15) is 0 Å². The quantitative estimate of drug-likeness (QED) is 0.499. The molecule has 30 heavy (non-hydrogen) atoms. The van der Waals surface area contributed by atoms with E-state index in [-0.39, 0.29) is 6.10 Å². The summed E-state index contributed by atoms with van der Waals surface area (Å²) in [7, 11) is 3.27. The highest BCUT2D eigenvalue weighted by molar-refractivity contribution is 5.59. The Morgan fingerprint density at radius 1 is 1.03 bits per heavy atom.